The average Bonchev–Trinajstić information content (AvgIpc) is 2.34. The van der Waals surface area contributed by atoms with Crippen molar-refractivity contribution in [2.45, 2.75) is 31.3 Å². The maximum Gasteiger partial charge on any atom is 0.320 e. The highest BCUT2D eigenvalue weighted by Gasteiger charge is 2.29. The monoisotopic (exact) mass is 173 g/mol. The van der Waals surface area contributed by atoms with Gasteiger partial charge in [0.15, 0.2) is 0 Å². The highest BCUT2D eigenvalue weighted by atomic mass is 16.4. The largest absolute Gasteiger partial charge is 0.481 e. The Bertz CT molecular complexity index is 204. The predicted octanol–water partition coefficient (Wildman–Crippen LogP) is -0.334. The Labute approximate surface area is 69.4 Å². The Kier molecular flexibility index (Phi) is 2.65. The molecule has 1 aliphatic rings. The van der Waals surface area contributed by atoms with Crippen molar-refractivity contribution in [3.8, 4) is 0 Å². The Balaban J connectivity index is 2.35. The molecular weight excluding hydrogens is 162 g/mol. The summed E-state index contributed by atoms with van der Waals surface area (Å²) in [5.41, 5.74) is 0. The number of carbonyl (C=O) groups is 2. The molecule has 1 heterocycles. The molecule has 0 bridgehead atoms. The van der Waals surface area contributed by atoms with Gasteiger partial charge in [0.1, 0.15) is 6.04 Å². The van der Waals surface area contributed by atoms with Gasteiger partial charge in [-0.1, -0.05) is 0 Å². The van der Waals surface area contributed by atoms with Gasteiger partial charge in [-0.3, -0.25) is 9.59 Å². The van der Waals surface area contributed by atoms with E-state index >= 15 is 0 Å². The van der Waals surface area contributed by atoms with Crippen LogP contribution in [-0.2, 0) is 9.59 Å². The number of rotatable bonds is 3. The van der Waals surface area contributed by atoms with E-state index in [-0.39, 0.29) is 12.5 Å². The van der Waals surface area contributed by atoms with Crippen LogP contribution in [0.5, 0.6) is 0 Å². The van der Waals surface area contributed by atoms with E-state index in [0.29, 0.717) is 12.8 Å². The number of carboxylic acid groups (broad SMARTS) is 2. The van der Waals surface area contributed by atoms with E-state index in [1.54, 1.807) is 0 Å². The van der Waals surface area contributed by atoms with Gasteiger partial charge in [-0.15, -0.1) is 0 Å². The van der Waals surface area contributed by atoms with Gasteiger partial charge in [0.05, 0.1) is 6.42 Å². The van der Waals surface area contributed by atoms with E-state index in [9.17, 15) is 9.59 Å². The Hall–Kier alpha value is -1.10. The Morgan fingerprint density at radius 1 is 1.33 bits per heavy atom. The van der Waals surface area contributed by atoms with Crippen molar-refractivity contribution in [1.29, 1.82) is 0 Å². The third-order valence-electron chi connectivity index (χ3n) is 1.96. The minimum Gasteiger partial charge on any atom is -0.481 e. The van der Waals surface area contributed by atoms with E-state index in [2.05, 4.69) is 5.32 Å². The van der Waals surface area contributed by atoms with Crippen molar-refractivity contribution in [2.75, 3.05) is 0 Å². The number of aliphatic carboxylic acids is 2. The Morgan fingerprint density at radius 2 is 2.00 bits per heavy atom. The smallest absolute Gasteiger partial charge is 0.320 e. The standard InChI is InChI=1S/C7H11NO4/c9-6(10)3-4-1-2-5(8-4)7(11)12/h4-5,8H,1-3H2,(H,9,10)(H,11,12)/t4-,5-/m1/s1. The molecule has 0 aromatic carbocycles. The summed E-state index contributed by atoms with van der Waals surface area (Å²) in [5, 5.41) is 19.7. The van der Waals surface area contributed by atoms with Gasteiger partial charge in [-0.2, -0.15) is 0 Å². The van der Waals surface area contributed by atoms with Crippen LogP contribution in [0.2, 0.25) is 0 Å². The zero-order valence-electron chi connectivity index (χ0n) is 6.49. The van der Waals surface area contributed by atoms with Crippen molar-refractivity contribution >= 4 is 11.9 Å². The van der Waals surface area contributed by atoms with Gasteiger partial charge < -0.3 is 15.5 Å². The first kappa shape index (κ1) is 8.99. The number of hydrogen-bond acceptors (Lipinski definition) is 3. The van der Waals surface area contributed by atoms with E-state index in [1.807, 2.05) is 0 Å². The molecule has 0 amide bonds. The summed E-state index contributed by atoms with van der Waals surface area (Å²) in [6, 6.07) is -0.738. The summed E-state index contributed by atoms with van der Waals surface area (Å²) < 4.78 is 0. The summed E-state index contributed by atoms with van der Waals surface area (Å²) >= 11 is 0. The molecule has 0 aliphatic carbocycles. The number of nitrogens with one attached hydrogen (secondary N) is 1. The van der Waals surface area contributed by atoms with Gasteiger partial charge in [0, 0.05) is 6.04 Å². The fourth-order valence-electron chi connectivity index (χ4n) is 1.39. The van der Waals surface area contributed by atoms with Gasteiger partial charge in [0.25, 0.3) is 0 Å². The van der Waals surface area contributed by atoms with Crippen LogP contribution in [-0.4, -0.2) is 34.2 Å². The van der Waals surface area contributed by atoms with Crippen molar-refractivity contribution in [3.05, 3.63) is 0 Å². The summed E-state index contributed by atoms with van der Waals surface area (Å²) in [6.07, 6.45) is 1.15. The number of carboxylic acids is 2. The molecule has 0 aromatic heterocycles. The summed E-state index contributed by atoms with van der Waals surface area (Å²) in [4.78, 5) is 20.7. The lowest BCUT2D eigenvalue weighted by Gasteiger charge is -2.07. The normalized spacial score (nSPS) is 28.7. The second-order valence-corrected chi connectivity index (χ2v) is 2.93. The molecule has 2 atom stereocenters. The SMILES string of the molecule is O=C(O)C[C@H]1CC[C@H](C(=O)O)N1. The maximum absolute atomic E-state index is 10.4. The minimum absolute atomic E-state index is 0.00375. The molecule has 3 N–H and O–H groups in total. The van der Waals surface area contributed by atoms with Crippen LogP contribution in [0.4, 0.5) is 0 Å². The van der Waals surface area contributed by atoms with E-state index < -0.39 is 18.0 Å². The van der Waals surface area contributed by atoms with E-state index in [4.69, 9.17) is 10.2 Å². The van der Waals surface area contributed by atoms with Crippen LogP contribution in [0, 0.1) is 0 Å². The molecule has 5 heteroatoms. The lowest BCUT2D eigenvalue weighted by molar-refractivity contribution is -0.140. The highest BCUT2D eigenvalue weighted by Crippen LogP contribution is 2.14. The molecule has 0 aromatic rings. The quantitative estimate of drug-likeness (QED) is 0.543. The fourth-order valence-corrected chi connectivity index (χ4v) is 1.39. The van der Waals surface area contributed by atoms with Gasteiger partial charge in [-0.05, 0) is 12.8 Å². The second-order valence-electron chi connectivity index (χ2n) is 2.93. The molecule has 68 valence electrons. The topological polar surface area (TPSA) is 86.6 Å². The van der Waals surface area contributed by atoms with E-state index in [0.717, 1.165) is 0 Å². The molecule has 0 spiro atoms. The van der Waals surface area contributed by atoms with Crippen LogP contribution in [0.1, 0.15) is 19.3 Å². The van der Waals surface area contributed by atoms with Crippen molar-refractivity contribution in [3.63, 3.8) is 0 Å². The molecule has 12 heavy (non-hydrogen) atoms. The first-order valence-electron chi connectivity index (χ1n) is 3.80. The third-order valence-corrected chi connectivity index (χ3v) is 1.96. The van der Waals surface area contributed by atoms with E-state index in [1.165, 1.54) is 0 Å². The lowest BCUT2D eigenvalue weighted by atomic mass is 10.1. The van der Waals surface area contributed by atoms with Gasteiger partial charge >= 0.3 is 11.9 Å². The zero-order chi connectivity index (χ0) is 9.14. The molecule has 1 rings (SSSR count). The number of hydrogen-bond donors (Lipinski definition) is 3. The molecule has 1 saturated heterocycles. The van der Waals surface area contributed by atoms with Crippen molar-refractivity contribution in [2.24, 2.45) is 0 Å². The first-order valence-corrected chi connectivity index (χ1v) is 3.80. The third kappa shape index (κ3) is 2.20. The first-order chi connectivity index (χ1) is 5.59. The molecule has 5 nitrogen and oxygen atoms in total. The molecule has 1 aliphatic heterocycles. The van der Waals surface area contributed by atoms with Crippen molar-refractivity contribution < 1.29 is 19.8 Å². The van der Waals surface area contributed by atoms with Gasteiger partial charge in [0.2, 0.25) is 0 Å². The maximum atomic E-state index is 10.4. The van der Waals surface area contributed by atoms with Crippen LogP contribution in [0.25, 0.3) is 0 Å². The average molecular weight is 173 g/mol. The summed E-state index contributed by atoms with van der Waals surface area (Å²) in [5.74, 6) is -1.79. The molecule has 0 unspecified atom stereocenters. The van der Waals surface area contributed by atoms with Crippen LogP contribution in [0.3, 0.4) is 0 Å². The second kappa shape index (κ2) is 3.53. The minimum atomic E-state index is -0.900. The lowest BCUT2D eigenvalue weighted by Crippen LogP contribution is -2.36. The Morgan fingerprint density at radius 3 is 2.42 bits per heavy atom. The van der Waals surface area contributed by atoms with Crippen LogP contribution < -0.4 is 5.32 Å². The molecule has 0 saturated carbocycles. The van der Waals surface area contributed by atoms with Crippen LogP contribution >= 0.6 is 0 Å². The highest BCUT2D eigenvalue weighted by molar-refractivity contribution is 5.74. The fraction of sp³-hybridized carbons (Fsp3) is 0.714. The summed E-state index contributed by atoms with van der Waals surface area (Å²) in [7, 11) is 0. The van der Waals surface area contributed by atoms with Crippen LogP contribution in [0.15, 0.2) is 0 Å². The summed E-state index contributed by atoms with van der Waals surface area (Å²) in [6.45, 7) is 0. The predicted molar refractivity (Wildman–Crippen MR) is 39.8 cm³/mol. The molecule has 1 fully saturated rings. The molecular formula is C7H11NO4. The zero-order valence-corrected chi connectivity index (χ0v) is 6.49. The van der Waals surface area contributed by atoms with Gasteiger partial charge in [-0.25, -0.2) is 0 Å². The van der Waals surface area contributed by atoms with Crippen molar-refractivity contribution in [1.82, 2.24) is 5.32 Å². The molecule has 0 radical (unpaired) electrons.